The van der Waals surface area contributed by atoms with Crippen molar-refractivity contribution >= 4 is 0 Å². The smallest absolute Gasteiger partial charge is 0.230 e. The lowest BCUT2D eigenvalue weighted by Crippen LogP contribution is -2.44. The van der Waals surface area contributed by atoms with Gasteiger partial charge < -0.3 is 9.84 Å². The van der Waals surface area contributed by atoms with Crippen LogP contribution < -0.4 is 5.32 Å². The lowest BCUT2D eigenvalue weighted by molar-refractivity contribution is 0.190. The molecule has 4 rings (SSSR count). The minimum Gasteiger partial charge on any atom is -0.339 e. The van der Waals surface area contributed by atoms with Gasteiger partial charge in [0.2, 0.25) is 5.89 Å². The van der Waals surface area contributed by atoms with Gasteiger partial charge in [0.25, 0.3) is 0 Å². The molecule has 1 N–H and O–H groups in total. The minimum atomic E-state index is 0.224. The van der Waals surface area contributed by atoms with Crippen LogP contribution >= 0.6 is 0 Å². The molecule has 1 aromatic carbocycles. The fourth-order valence-electron chi connectivity index (χ4n) is 3.44. The van der Waals surface area contributed by atoms with E-state index in [0.717, 1.165) is 37.8 Å². The lowest BCUT2D eigenvalue weighted by atomic mass is 10.0. The number of nitrogens with one attached hydrogen (secondary N) is 1. The molecule has 2 fully saturated rings. The molecule has 5 heteroatoms. The topological polar surface area (TPSA) is 54.2 Å². The fourth-order valence-corrected chi connectivity index (χ4v) is 3.44. The molecule has 2 aromatic rings. The van der Waals surface area contributed by atoms with Crippen LogP contribution in [0.25, 0.3) is 0 Å². The quantitative estimate of drug-likeness (QED) is 0.941. The van der Waals surface area contributed by atoms with Crippen LogP contribution in [-0.2, 0) is 0 Å². The van der Waals surface area contributed by atoms with E-state index in [4.69, 9.17) is 9.51 Å². The molecule has 0 bridgehead atoms. The zero-order chi connectivity index (χ0) is 15.1. The molecule has 0 spiro atoms. The van der Waals surface area contributed by atoms with Gasteiger partial charge >= 0.3 is 0 Å². The highest BCUT2D eigenvalue weighted by Gasteiger charge is 2.44. The Balaban J connectivity index is 1.50. The standard InChI is InChI=1S/C17H22N4O/c1-11-5-3-4-6-12(11)13-9-14(13)17-19-16(20-22-17)15-10-18-7-8-21(15)2/h3-6,13-15,18H,7-10H2,1-2H3. The van der Waals surface area contributed by atoms with Crippen molar-refractivity contribution in [2.24, 2.45) is 0 Å². The average Bonchev–Trinajstić information content (AvgIpc) is 3.17. The largest absolute Gasteiger partial charge is 0.339 e. The Morgan fingerprint density at radius 2 is 2.14 bits per heavy atom. The maximum Gasteiger partial charge on any atom is 0.230 e. The van der Waals surface area contributed by atoms with Gasteiger partial charge in [0, 0.05) is 25.6 Å². The molecule has 1 saturated carbocycles. The summed E-state index contributed by atoms with van der Waals surface area (Å²) in [5.74, 6) is 2.56. The third-order valence-electron chi connectivity index (χ3n) is 4.96. The Kier molecular flexibility index (Phi) is 3.47. The van der Waals surface area contributed by atoms with Gasteiger partial charge in [-0.3, -0.25) is 4.90 Å². The van der Waals surface area contributed by atoms with E-state index in [1.807, 2.05) is 0 Å². The molecule has 1 saturated heterocycles. The molecule has 2 heterocycles. The molecule has 1 aliphatic heterocycles. The predicted molar refractivity (Wildman–Crippen MR) is 83.8 cm³/mol. The first kappa shape index (κ1) is 13.9. The highest BCUT2D eigenvalue weighted by molar-refractivity contribution is 5.36. The van der Waals surface area contributed by atoms with E-state index in [0.29, 0.717) is 11.8 Å². The van der Waals surface area contributed by atoms with Crippen molar-refractivity contribution in [2.75, 3.05) is 26.7 Å². The van der Waals surface area contributed by atoms with Gasteiger partial charge in [-0.15, -0.1) is 0 Å². The molecule has 1 aromatic heterocycles. The summed E-state index contributed by atoms with van der Waals surface area (Å²) in [6.45, 7) is 5.10. The van der Waals surface area contributed by atoms with Crippen LogP contribution in [0.2, 0.25) is 0 Å². The Hall–Kier alpha value is -1.72. The van der Waals surface area contributed by atoms with Crippen LogP contribution in [-0.4, -0.2) is 41.7 Å². The summed E-state index contributed by atoms with van der Waals surface area (Å²) in [5, 5.41) is 7.63. The zero-order valence-corrected chi connectivity index (χ0v) is 13.1. The summed E-state index contributed by atoms with van der Waals surface area (Å²) in [4.78, 5) is 6.98. The predicted octanol–water partition coefficient (Wildman–Crippen LogP) is 2.23. The van der Waals surface area contributed by atoms with E-state index in [-0.39, 0.29) is 6.04 Å². The maximum atomic E-state index is 5.57. The molecule has 2 aliphatic rings. The minimum absolute atomic E-state index is 0.224. The number of nitrogens with zero attached hydrogens (tertiary/aromatic N) is 3. The van der Waals surface area contributed by atoms with E-state index < -0.39 is 0 Å². The van der Waals surface area contributed by atoms with Crippen LogP contribution in [0.3, 0.4) is 0 Å². The van der Waals surface area contributed by atoms with Gasteiger partial charge in [0.1, 0.15) is 0 Å². The van der Waals surface area contributed by atoms with Crippen LogP contribution in [0.1, 0.15) is 47.1 Å². The second kappa shape index (κ2) is 5.48. The third kappa shape index (κ3) is 2.44. The van der Waals surface area contributed by atoms with Crippen molar-refractivity contribution in [2.45, 2.75) is 31.2 Å². The van der Waals surface area contributed by atoms with Crippen LogP contribution in [0.4, 0.5) is 0 Å². The summed E-state index contributed by atoms with van der Waals surface area (Å²) in [5.41, 5.74) is 2.77. The van der Waals surface area contributed by atoms with Crippen molar-refractivity contribution in [1.29, 1.82) is 0 Å². The Morgan fingerprint density at radius 1 is 1.27 bits per heavy atom. The first-order chi connectivity index (χ1) is 10.7. The molecule has 1 aliphatic carbocycles. The highest BCUT2D eigenvalue weighted by atomic mass is 16.5. The SMILES string of the molecule is Cc1ccccc1C1CC1c1nc(C2CNCCN2C)no1. The number of piperazine rings is 1. The van der Waals surface area contributed by atoms with Gasteiger partial charge in [0.05, 0.1) is 6.04 Å². The van der Waals surface area contributed by atoms with Crippen molar-refractivity contribution in [3.63, 3.8) is 0 Å². The van der Waals surface area contributed by atoms with E-state index in [1.54, 1.807) is 0 Å². The lowest BCUT2D eigenvalue weighted by Gasteiger charge is -2.30. The van der Waals surface area contributed by atoms with Crippen molar-refractivity contribution in [1.82, 2.24) is 20.4 Å². The summed E-state index contributed by atoms with van der Waals surface area (Å²) in [7, 11) is 2.12. The molecule has 116 valence electrons. The summed E-state index contributed by atoms with van der Waals surface area (Å²) in [6, 6.07) is 8.82. The Bertz CT molecular complexity index is 668. The second-order valence-electron chi connectivity index (χ2n) is 6.50. The van der Waals surface area contributed by atoms with Gasteiger partial charge in [-0.25, -0.2) is 0 Å². The molecule has 22 heavy (non-hydrogen) atoms. The van der Waals surface area contributed by atoms with Crippen LogP contribution in [0, 0.1) is 6.92 Å². The third-order valence-corrected chi connectivity index (χ3v) is 4.96. The molecule has 3 atom stereocenters. The van der Waals surface area contributed by atoms with E-state index in [9.17, 15) is 0 Å². The molecular formula is C17H22N4O. The first-order valence-electron chi connectivity index (χ1n) is 8.04. The normalized spacial score (nSPS) is 28.7. The van der Waals surface area contributed by atoms with Gasteiger partial charge in [-0.05, 0) is 37.4 Å². The highest BCUT2D eigenvalue weighted by Crippen LogP contribution is 2.54. The summed E-state index contributed by atoms with van der Waals surface area (Å²) >= 11 is 0. The number of hydrogen-bond donors (Lipinski definition) is 1. The van der Waals surface area contributed by atoms with Crippen LogP contribution in [0.15, 0.2) is 28.8 Å². The van der Waals surface area contributed by atoms with Crippen molar-refractivity contribution < 1.29 is 4.52 Å². The maximum absolute atomic E-state index is 5.57. The van der Waals surface area contributed by atoms with Crippen molar-refractivity contribution in [3.8, 4) is 0 Å². The number of aromatic nitrogens is 2. The second-order valence-corrected chi connectivity index (χ2v) is 6.50. The zero-order valence-electron chi connectivity index (χ0n) is 13.1. The number of benzene rings is 1. The summed E-state index contributed by atoms with van der Waals surface area (Å²) in [6.07, 6.45) is 1.12. The average molecular weight is 298 g/mol. The fraction of sp³-hybridized carbons (Fsp3) is 0.529. The number of aryl methyl sites for hydroxylation is 1. The molecular weight excluding hydrogens is 276 g/mol. The van der Waals surface area contributed by atoms with E-state index >= 15 is 0 Å². The Labute approximate surface area is 130 Å². The van der Waals surface area contributed by atoms with Crippen molar-refractivity contribution in [3.05, 3.63) is 47.1 Å². The monoisotopic (exact) mass is 298 g/mol. The molecule has 0 amide bonds. The summed E-state index contributed by atoms with van der Waals surface area (Å²) < 4.78 is 5.57. The number of likely N-dealkylation sites (N-methyl/N-ethyl adjacent to an activating group) is 1. The first-order valence-corrected chi connectivity index (χ1v) is 8.04. The van der Waals surface area contributed by atoms with E-state index in [1.165, 1.54) is 11.1 Å². The van der Waals surface area contributed by atoms with E-state index in [2.05, 4.69) is 53.6 Å². The number of hydrogen-bond acceptors (Lipinski definition) is 5. The van der Waals surface area contributed by atoms with Gasteiger partial charge in [-0.1, -0.05) is 29.4 Å². The van der Waals surface area contributed by atoms with Gasteiger partial charge in [-0.2, -0.15) is 4.98 Å². The Morgan fingerprint density at radius 3 is 2.95 bits per heavy atom. The molecule has 3 unspecified atom stereocenters. The van der Waals surface area contributed by atoms with Crippen LogP contribution in [0.5, 0.6) is 0 Å². The van der Waals surface area contributed by atoms with Gasteiger partial charge in [0.15, 0.2) is 5.82 Å². The number of rotatable bonds is 3. The molecule has 5 nitrogen and oxygen atoms in total. The molecule has 0 radical (unpaired) electrons.